The molecule has 0 aromatic heterocycles. The van der Waals surface area contributed by atoms with Crippen LogP contribution in [0.1, 0.15) is 29.8 Å². The number of hydrogen-bond acceptors (Lipinski definition) is 2. The van der Waals surface area contributed by atoms with Crippen molar-refractivity contribution in [2.75, 3.05) is 5.32 Å². The van der Waals surface area contributed by atoms with E-state index in [1.165, 1.54) is 0 Å². The molecule has 0 heterocycles. The number of carbonyl (C=O) groups is 1. The molecule has 0 saturated heterocycles. The van der Waals surface area contributed by atoms with Crippen LogP contribution in [0.25, 0.3) is 0 Å². The van der Waals surface area contributed by atoms with Crippen LogP contribution in [-0.4, -0.2) is 12.0 Å². The summed E-state index contributed by atoms with van der Waals surface area (Å²) in [6.45, 7) is 5.91. The molecule has 3 nitrogen and oxygen atoms in total. The summed E-state index contributed by atoms with van der Waals surface area (Å²) in [5.74, 6) is 0.637. The summed E-state index contributed by atoms with van der Waals surface area (Å²) in [7, 11) is 0. The van der Waals surface area contributed by atoms with E-state index in [0.717, 1.165) is 17.0 Å². The number of carbonyl (C=O) groups excluding carboxylic acids is 1. The van der Waals surface area contributed by atoms with Crippen LogP contribution in [0.4, 0.5) is 5.69 Å². The normalized spacial score (nSPS) is 10.4. The molecule has 0 aliphatic heterocycles. The Balaban J connectivity index is 2.11. The van der Waals surface area contributed by atoms with Gasteiger partial charge < -0.3 is 10.1 Å². The van der Waals surface area contributed by atoms with Gasteiger partial charge in [0, 0.05) is 17.3 Å². The Morgan fingerprint density at radius 2 is 1.85 bits per heavy atom. The molecule has 0 bridgehead atoms. The van der Waals surface area contributed by atoms with Gasteiger partial charge in [-0.3, -0.25) is 4.79 Å². The number of aryl methyl sites for hydroxylation is 1. The van der Waals surface area contributed by atoms with Crippen molar-refractivity contribution in [1.82, 2.24) is 0 Å². The molecule has 0 unspecified atom stereocenters. The summed E-state index contributed by atoms with van der Waals surface area (Å²) in [5, 5.41) is 2.88. The smallest absolute Gasteiger partial charge is 0.255 e. The van der Waals surface area contributed by atoms with Crippen LogP contribution in [0.5, 0.6) is 5.75 Å². The molecular weight excluding hydrogens is 250 g/mol. The second-order valence-electron chi connectivity index (χ2n) is 5.02. The highest BCUT2D eigenvalue weighted by Crippen LogP contribution is 2.19. The van der Waals surface area contributed by atoms with E-state index in [1.807, 2.05) is 63.2 Å². The molecule has 1 N–H and O–H groups in total. The second-order valence-corrected chi connectivity index (χ2v) is 5.02. The average Bonchev–Trinajstić information content (AvgIpc) is 2.38. The minimum absolute atomic E-state index is 0.109. The monoisotopic (exact) mass is 269 g/mol. The SMILES string of the molecule is Cc1cccc(C(=O)Nc2cccc(OC(C)C)c2)c1. The van der Waals surface area contributed by atoms with Gasteiger partial charge in [-0.25, -0.2) is 0 Å². The third-order valence-electron chi connectivity index (χ3n) is 2.74. The first-order chi connectivity index (χ1) is 9.54. The van der Waals surface area contributed by atoms with Crippen LogP contribution < -0.4 is 10.1 Å². The summed E-state index contributed by atoms with van der Waals surface area (Å²) >= 11 is 0. The van der Waals surface area contributed by atoms with Crippen molar-refractivity contribution in [3.63, 3.8) is 0 Å². The van der Waals surface area contributed by atoms with Crippen molar-refractivity contribution in [3.05, 3.63) is 59.7 Å². The van der Waals surface area contributed by atoms with Crippen LogP contribution in [-0.2, 0) is 0 Å². The van der Waals surface area contributed by atoms with E-state index >= 15 is 0 Å². The fraction of sp³-hybridized carbons (Fsp3) is 0.235. The Morgan fingerprint density at radius 3 is 2.55 bits per heavy atom. The Hall–Kier alpha value is -2.29. The van der Waals surface area contributed by atoms with Gasteiger partial charge in [0.15, 0.2) is 0 Å². The highest BCUT2D eigenvalue weighted by atomic mass is 16.5. The summed E-state index contributed by atoms with van der Waals surface area (Å²) < 4.78 is 5.61. The number of rotatable bonds is 4. The summed E-state index contributed by atoms with van der Waals surface area (Å²) in [6, 6.07) is 14.9. The maximum absolute atomic E-state index is 12.1. The molecular formula is C17H19NO2. The Morgan fingerprint density at radius 1 is 1.10 bits per heavy atom. The summed E-state index contributed by atoms with van der Waals surface area (Å²) in [4.78, 5) is 12.1. The molecule has 2 aromatic rings. The maximum Gasteiger partial charge on any atom is 0.255 e. The third-order valence-corrected chi connectivity index (χ3v) is 2.74. The van der Waals surface area contributed by atoms with Crippen LogP contribution in [0, 0.1) is 6.92 Å². The Kier molecular flexibility index (Phi) is 4.41. The van der Waals surface area contributed by atoms with Gasteiger partial charge in [-0.15, -0.1) is 0 Å². The van der Waals surface area contributed by atoms with Gasteiger partial charge in [-0.05, 0) is 45.0 Å². The van der Waals surface area contributed by atoms with Crippen LogP contribution in [0.15, 0.2) is 48.5 Å². The predicted octanol–water partition coefficient (Wildman–Crippen LogP) is 4.03. The molecule has 1 amide bonds. The number of amides is 1. The molecule has 0 aliphatic rings. The van der Waals surface area contributed by atoms with Gasteiger partial charge in [-0.1, -0.05) is 23.8 Å². The van der Waals surface area contributed by atoms with Gasteiger partial charge in [-0.2, -0.15) is 0 Å². The average molecular weight is 269 g/mol. The van der Waals surface area contributed by atoms with Crippen LogP contribution in [0.3, 0.4) is 0 Å². The van der Waals surface area contributed by atoms with E-state index in [4.69, 9.17) is 4.74 Å². The van der Waals surface area contributed by atoms with E-state index in [-0.39, 0.29) is 12.0 Å². The Bertz CT molecular complexity index is 605. The molecule has 20 heavy (non-hydrogen) atoms. The fourth-order valence-corrected chi connectivity index (χ4v) is 1.91. The zero-order chi connectivity index (χ0) is 14.5. The lowest BCUT2D eigenvalue weighted by molar-refractivity contribution is 0.102. The topological polar surface area (TPSA) is 38.3 Å². The van der Waals surface area contributed by atoms with Crippen molar-refractivity contribution in [3.8, 4) is 5.75 Å². The molecule has 0 saturated carbocycles. The lowest BCUT2D eigenvalue weighted by atomic mass is 10.1. The van der Waals surface area contributed by atoms with Crippen molar-refractivity contribution in [2.45, 2.75) is 26.9 Å². The van der Waals surface area contributed by atoms with E-state index in [0.29, 0.717) is 5.56 Å². The number of nitrogens with one attached hydrogen (secondary N) is 1. The highest BCUT2D eigenvalue weighted by molar-refractivity contribution is 6.04. The molecule has 0 aliphatic carbocycles. The zero-order valence-electron chi connectivity index (χ0n) is 12.0. The summed E-state index contributed by atoms with van der Waals surface area (Å²) in [5.41, 5.74) is 2.45. The van der Waals surface area contributed by atoms with Crippen molar-refractivity contribution < 1.29 is 9.53 Å². The second kappa shape index (κ2) is 6.24. The highest BCUT2D eigenvalue weighted by Gasteiger charge is 2.07. The molecule has 0 fully saturated rings. The lowest BCUT2D eigenvalue weighted by Crippen LogP contribution is -2.12. The largest absolute Gasteiger partial charge is 0.491 e. The van der Waals surface area contributed by atoms with Gasteiger partial charge >= 0.3 is 0 Å². The van der Waals surface area contributed by atoms with E-state index in [1.54, 1.807) is 6.07 Å². The van der Waals surface area contributed by atoms with E-state index in [9.17, 15) is 4.79 Å². The third kappa shape index (κ3) is 3.85. The van der Waals surface area contributed by atoms with Crippen molar-refractivity contribution >= 4 is 11.6 Å². The molecule has 3 heteroatoms. The number of ether oxygens (including phenoxy) is 1. The fourth-order valence-electron chi connectivity index (χ4n) is 1.91. The first-order valence-electron chi connectivity index (χ1n) is 6.69. The van der Waals surface area contributed by atoms with Crippen LogP contribution >= 0.6 is 0 Å². The van der Waals surface area contributed by atoms with E-state index < -0.39 is 0 Å². The van der Waals surface area contributed by atoms with Crippen LogP contribution in [0.2, 0.25) is 0 Å². The number of hydrogen-bond donors (Lipinski definition) is 1. The van der Waals surface area contributed by atoms with Gasteiger partial charge in [0.1, 0.15) is 5.75 Å². The molecule has 0 spiro atoms. The molecule has 104 valence electrons. The molecule has 0 radical (unpaired) electrons. The standard InChI is InChI=1S/C17H19NO2/c1-12(2)20-16-9-5-8-15(11-16)18-17(19)14-7-4-6-13(3)10-14/h4-12H,1-3H3,(H,18,19). The maximum atomic E-state index is 12.1. The minimum Gasteiger partial charge on any atom is -0.491 e. The van der Waals surface area contributed by atoms with E-state index in [2.05, 4.69) is 5.32 Å². The summed E-state index contributed by atoms with van der Waals surface area (Å²) in [6.07, 6.45) is 0.109. The lowest BCUT2D eigenvalue weighted by Gasteiger charge is -2.11. The zero-order valence-corrected chi connectivity index (χ0v) is 12.0. The van der Waals surface area contributed by atoms with Gasteiger partial charge in [0.05, 0.1) is 6.10 Å². The first kappa shape index (κ1) is 14.1. The molecule has 0 atom stereocenters. The minimum atomic E-state index is -0.115. The quantitative estimate of drug-likeness (QED) is 0.909. The first-order valence-corrected chi connectivity index (χ1v) is 6.69. The number of anilines is 1. The molecule has 2 rings (SSSR count). The van der Waals surface area contributed by atoms with Gasteiger partial charge in [0.25, 0.3) is 5.91 Å². The van der Waals surface area contributed by atoms with Crippen molar-refractivity contribution in [1.29, 1.82) is 0 Å². The molecule has 2 aromatic carbocycles. The van der Waals surface area contributed by atoms with Crippen molar-refractivity contribution in [2.24, 2.45) is 0 Å². The Labute approximate surface area is 119 Å². The predicted molar refractivity (Wildman–Crippen MR) is 81.3 cm³/mol. The van der Waals surface area contributed by atoms with Gasteiger partial charge in [0.2, 0.25) is 0 Å². The number of benzene rings is 2.